The van der Waals surface area contributed by atoms with Crippen LogP contribution in [0, 0.1) is 12.8 Å². The standard InChI is InChI=1S/C14H21N3O2/c1-10-13(9-16-19-10)14(18)17-6-4-12(5-7-17)15-8-11-2-3-11/h9,11-12,15H,2-8H2,1H3. The summed E-state index contributed by atoms with van der Waals surface area (Å²) in [6.07, 6.45) is 6.38. The summed E-state index contributed by atoms with van der Waals surface area (Å²) < 4.78 is 4.96. The highest BCUT2D eigenvalue weighted by Crippen LogP contribution is 2.28. The van der Waals surface area contributed by atoms with Crippen LogP contribution >= 0.6 is 0 Å². The molecule has 1 saturated heterocycles. The van der Waals surface area contributed by atoms with Crippen molar-refractivity contribution in [3.63, 3.8) is 0 Å². The molecule has 1 N–H and O–H groups in total. The Labute approximate surface area is 113 Å². The van der Waals surface area contributed by atoms with Crippen LogP contribution in [0.3, 0.4) is 0 Å². The number of likely N-dealkylation sites (tertiary alicyclic amines) is 1. The Hall–Kier alpha value is -1.36. The monoisotopic (exact) mass is 263 g/mol. The summed E-state index contributed by atoms with van der Waals surface area (Å²) in [5, 5.41) is 7.29. The number of amides is 1. The zero-order chi connectivity index (χ0) is 13.2. The molecule has 3 rings (SSSR count). The maximum absolute atomic E-state index is 12.3. The van der Waals surface area contributed by atoms with Gasteiger partial charge in [-0.05, 0) is 45.1 Å². The molecule has 1 saturated carbocycles. The summed E-state index contributed by atoms with van der Waals surface area (Å²) in [6.45, 7) is 4.59. The summed E-state index contributed by atoms with van der Waals surface area (Å²) in [5.74, 6) is 1.58. The number of carbonyl (C=O) groups excluding carboxylic acids is 1. The Balaban J connectivity index is 1.49. The molecule has 0 spiro atoms. The summed E-state index contributed by atoms with van der Waals surface area (Å²) in [5.41, 5.74) is 0.601. The lowest BCUT2D eigenvalue weighted by molar-refractivity contribution is 0.0703. The van der Waals surface area contributed by atoms with Crippen molar-refractivity contribution in [2.75, 3.05) is 19.6 Å². The van der Waals surface area contributed by atoms with Gasteiger partial charge in [0.15, 0.2) is 0 Å². The van der Waals surface area contributed by atoms with E-state index in [9.17, 15) is 4.79 Å². The normalized spacial score (nSPS) is 20.8. The van der Waals surface area contributed by atoms with Gasteiger partial charge in [-0.1, -0.05) is 5.16 Å². The first-order chi connectivity index (χ1) is 9.24. The minimum absolute atomic E-state index is 0.0550. The molecule has 104 valence electrons. The van der Waals surface area contributed by atoms with Crippen LogP contribution in [0.15, 0.2) is 10.7 Å². The molecule has 5 nitrogen and oxygen atoms in total. The molecular formula is C14H21N3O2. The molecule has 0 aromatic carbocycles. The fourth-order valence-corrected chi connectivity index (χ4v) is 2.62. The smallest absolute Gasteiger partial charge is 0.259 e. The van der Waals surface area contributed by atoms with Crippen molar-refractivity contribution in [3.8, 4) is 0 Å². The first-order valence-corrected chi connectivity index (χ1v) is 7.18. The average molecular weight is 263 g/mol. The number of nitrogens with zero attached hydrogens (tertiary/aromatic N) is 2. The largest absolute Gasteiger partial charge is 0.361 e. The highest BCUT2D eigenvalue weighted by atomic mass is 16.5. The van der Waals surface area contributed by atoms with Crippen molar-refractivity contribution < 1.29 is 9.32 Å². The lowest BCUT2D eigenvalue weighted by Crippen LogP contribution is -2.45. The van der Waals surface area contributed by atoms with Crippen LogP contribution in [-0.4, -0.2) is 41.6 Å². The molecule has 5 heteroatoms. The molecule has 1 aliphatic heterocycles. The Bertz CT molecular complexity index is 445. The number of hydrogen-bond acceptors (Lipinski definition) is 4. The Morgan fingerprint density at radius 3 is 2.74 bits per heavy atom. The van der Waals surface area contributed by atoms with E-state index in [1.165, 1.54) is 19.0 Å². The highest BCUT2D eigenvalue weighted by molar-refractivity contribution is 5.94. The fourth-order valence-electron chi connectivity index (χ4n) is 2.62. The van der Waals surface area contributed by atoms with Gasteiger partial charge in [0, 0.05) is 19.1 Å². The van der Waals surface area contributed by atoms with Crippen LogP contribution in [0.1, 0.15) is 41.8 Å². The molecule has 0 unspecified atom stereocenters. The van der Waals surface area contributed by atoms with E-state index in [1.54, 1.807) is 6.92 Å². The SMILES string of the molecule is Cc1oncc1C(=O)N1CCC(NCC2CC2)CC1. The zero-order valence-electron chi connectivity index (χ0n) is 11.4. The van der Waals surface area contributed by atoms with E-state index in [-0.39, 0.29) is 5.91 Å². The highest BCUT2D eigenvalue weighted by Gasteiger charge is 2.27. The van der Waals surface area contributed by atoms with Crippen molar-refractivity contribution in [1.82, 2.24) is 15.4 Å². The summed E-state index contributed by atoms with van der Waals surface area (Å²) in [7, 11) is 0. The second-order valence-corrected chi connectivity index (χ2v) is 5.71. The number of aryl methyl sites for hydroxylation is 1. The molecule has 2 heterocycles. The van der Waals surface area contributed by atoms with Gasteiger partial charge in [0.25, 0.3) is 5.91 Å². The second kappa shape index (κ2) is 5.33. The third-order valence-electron chi connectivity index (χ3n) is 4.16. The van der Waals surface area contributed by atoms with Crippen LogP contribution in [0.4, 0.5) is 0 Å². The van der Waals surface area contributed by atoms with Crippen LogP contribution in [0.5, 0.6) is 0 Å². The van der Waals surface area contributed by atoms with Gasteiger partial charge in [0.05, 0.1) is 6.20 Å². The van der Waals surface area contributed by atoms with Gasteiger partial charge < -0.3 is 14.7 Å². The van der Waals surface area contributed by atoms with Gasteiger partial charge in [-0.15, -0.1) is 0 Å². The van der Waals surface area contributed by atoms with Gasteiger partial charge in [0.2, 0.25) is 0 Å². The molecule has 0 atom stereocenters. The van der Waals surface area contributed by atoms with Gasteiger partial charge >= 0.3 is 0 Å². The predicted molar refractivity (Wildman–Crippen MR) is 70.9 cm³/mol. The topological polar surface area (TPSA) is 58.4 Å². The van der Waals surface area contributed by atoms with Crippen molar-refractivity contribution >= 4 is 5.91 Å². The van der Waals surface area contributed by atoms with Crippen molar-refractivity contribution in [2.45, 2.75) is 38.6 Å². The molecule has 19 heavy (non-hydrogen) atoms. The maximum Gasteiger partial charge on any atom is 0.259 e. The molecule has 2 fully saturated rings. The Morgan fingerprint density at radius 1 is 1.42 bits per heavy atom. The van der Waals surface area contributed by atoms with Crippen LogP contribution in [0.2, 0.25) is 0 Å². The van der Waals surface area contributed by atoms with Gasteiger partial charge in [-0.2, -0.15) is 0 Å². The van der Waals surface area contributed by atoms with Crippen LogP contribution < -0.4 is 5.32 Å². The third-order valence-corrected chi connectivity index (χ3v) is 4.16. The van der Waals surface area contributed by atoms with Crippen molar-refractivity contribution in [2.24, 2.45) is 5.92 Å². The molecule has 1 amide bonds. The van der Waals surface area contributed by atoms with E-state index in [1.807, 2.05) is 4.90 Å². The molecule has 0 bridgehead atoms. The number of rotatable bonds is 4. The van der Waals surface area contributed by atoms with E-state index >= 15 is 0 Å². The second-order valence-electron chi connectivity index (χ2n) is 5.71. The molecular weight excluding hydrogens is 242 g/mol. The number of aromatic nitrogens is 1. The zero-order valence-corrected chi connectivity index (χ0v) is 11.4. The van der Waals surface area contributed by atoms with E-state index in [0.717, 1.165) is 38.4 Å². The third kappa shape index (κ3) is 2.97. The van der Waals surface area contributed by atoms with Crippen molar-refractivity contribution in [1.29, 1.82) is 0 Å². The van der Waals surface area contributed by atoms with E-state index in [4.69, 9.17) is 4.52 Å². The van der Waals surface area contributed by atoms with Gasteiger partial charge in [-0.3, -0.25) is 4.79 Å². The molecule has 0 radical (unpaired) electrons. The predicted octanol–water partition coefficient (Wildman–Crippen LogP) is 1.59. The Kier molecular flexibility index (Phi) is 3.55. The Morgan fingerprint density at radius 2 is 2.16 bits per heavy atom. The van der Waals surface area contributed by atoms with E-state index in [0.29, 0.717) is 17.4 Å². The number of hydrogen-bond donors (Lipinski definition) is 1. The minimum atomic E-state index is 0.0550. The lowest BCUT2D eigenvalue weighted by Gasteiger charge is -2.32. The number of carbonyl (C=O) groups is 1. The molecule has 1 aliphatic carbocycles. The number of nitrogens with one attached hydrogen (secondary N) is 1. The summed E-state index contributed by atoms with van der Waals surface area (Å²) >= 11 is 0. The lowest BCUT2D eigenvalue weighted by atomic mass is 10.0. The molecule has 1 aromatic heterocycles. The van der Waals surface area contributed by atoms with Crippen LogP contribution in [0.25, 0.3) is 0 Å². The minimum Gasteiger partial charge on any atom is -0.361 e. The summed E-state index contributed by atoms with van der Waals surface area (Å²) in [4.78, 5) is 14.2. The molecule has 1 aromatic rings. The average Bonchev–Trinajstić information content (AvgIpc) is 3.17. The maximum atomic E-state index is 12.3. The van der Waals surface area contributed by atoms with Crippen molar-refractivity contribution in [3.05, 3.63) is 17.5 Å². The van der Waals surface area contributed by atoms with E-state index < -0.39 is 0 Å². The number of piperidine rings is 1. The van der Waals surface area contributed by atoms with Gasteiger partial charge in [0.1, 0.15) is 11.3 Å². The van der Waals surface area contributed by atoms with E-state index in [2.05, 4.69) is 10.5 Å². The van der Waals surface area contributed by atoms with Gasteiger partial charge in [-0.25, -0.2) is 0 Å². The first-order valence-electron chi connectivity index (χ1n) is 7.18. The quantitative estimate of drug-likeness (QED) is 0.896. The summed E-state index contributed by atoms with van der Waals surface area (Å²) in [6, 6.07) is 0.577. The van der Waals surface area contributed by atoms with Crippen LogP contribution in [-0.2, 0) is 0 Å². The fraction of sp³-hybridized carbons (Fsp3) is 0.714. The molecule has 2 aliphatic rings. The first kappa shape index (κ1) is 12.7.